The van der Waals surface area contributed by atoms with Gasteiger partial charge in [0.2, 0.25) is 5.91 Å². The normalized spacial score (nSPS) is 28.0. The lowest BCUT2D eigenvalue weighted by atomic mass is 9.73. The average molecular weight is 695 g/mol. The van der Waals surface area contributed by atoms with Crippen molar-refractivity contribution >= 4 is 40.3 Å². The average Bonchev–Trinajstić information content (AvgIpc) is 3.42. The van der Waals surface area contributed by atoms with E-state index < -0.39 is 22.4 Å². The van der Waals surface area contributed by atoms with Crippen LogP contribution in [0.2, 0.25) is 5.15 Å². The van der Waals surface area contributed by atoms with Gasteiger partial charge in [-0.15, -0.1) is 0 Å². The Balaban J connectivity index is 1.10. The molecule has 49 heavy (non-hydrogen) atoms. The highest BCUT2D eigenvalue weighted by Crippen LogP contribution is 2.65. The van der Waals surface area contributed by atoms with Crippen LogP contribution in [0.5, 0.6) is 0 Å². The van der Waals surface area contributed by atoms with E-state index in [0.29, 0.717) is 56.3 Å². The van der Waals surface area contributed by atoms with Crippen molar-refractivity contribution in [3.05, 3.63) is 41.3 Å². The van der Waals surface area contributed by atoms with Gasteiger partial charge in [0, 0.05) is 55.4 Å². The zero-order chi connectivity index (χ0) is 34.7. The van der Waals surface area contributed by atoms with E-state index in [1.165, 1.54) is 0 Å². The van der Waals surface area contributed by atoms with Gasteiger partial charge in [0.05, 0.1) is 28.4 Å². The fraction of sp³-hybridized carbons (Fsp3) is 0.622. The molecule has 2 aromatic heterocycles. The van der Waals surface area contributed by atoms with Gasteiger partial charge in [0.15, 0.2) is 5.15 Å². The first kappa shape index (κ1) is 32.9. The summed E-state index contributed by atoms with van der Waals surface area (Å²) in [6.07, 6.45) is 5.42. The molecule has 2 atom stereocenters. The van der Waals surface area contributed by atoms with Crippen LogP contribution in [0, 0.1) is 5.41 Å². The molecule has 5 aliphatic rings. The van der Waals surface area contributed by atoms with E-state index in [2.05, 4.69) is 40.4 Å². The van der Waals surface area contributed by atoms with Crippen LogP contribution in [0.4, 0.5) is 19.3 Å². The van der Waals surface area contributed by atoms with Crippen molar-refractivity contribution < 1.29 is 23.1 Å². The van der Waals surface area contributed by atoms with E-state index >= 15 is 0 Å². The molecule has 4 fully saturated rings. The Morgan fingerprint density at radius 1 is 1.10 bits per heavy atom. The first-order valence-electron chi connectivity index (χ1n) is 17.8. The number of fused-ring (bicyclic) bond motifs is 3. The SMILES string of the molecule is CC[C@H](C)n1cnc2cc(-c3ccc4c(c3)N(C3CC(N5CC[C@@]6(C5)CC6(F)F)C3)C(=O)C43CCN(C(=O)OC(C)(C)C)CC3)nc(Cl)c21. The molecule has 3 aromatic rings. The minimum Gasteiger partial charge on any atom is -0.444 e. The number of anilines is 1. The zero-order valence-electron chi connectivity index (χ0n) is 28.9. The van der Waals surface area contributed by atoms with Crippen LogP contribution in [0.3, 0.4) is 0 Å². The number of hydrogen-bond donors (Lipinski definition) is 0. The molecule has 5 heterocycles. The Kier molecular flexibility index (Phi) is 7.44. The monoisotopic (exact) mass is 694 g/mol. The van der Waals surface area contributed by atoms with Gasteiger partial charge in [0.25, 0.3) is 5.92 Å². The number of benzene rings is 1. The number of nitrogens with zero attached hydrogens (tertiary/aromatic N) is 6. The number of piperidine rings is 1. The number of rotatable bonds is 5. The predicted octanol–water partition coefficient (Wildman–Crippen LogP) is 7.60. The van der Waals surface area contributed by atoms with Crippen LogP contribution in [-0.4, -0.2) is 86.1 Å². The third-order valence-electron chi connectivity index (χ3n) is 12.1. The molecule has 2 saturated carbocycles. The Hall–Kier alpha value is -3.31. The number of hydrogen-bond acceptors (Lipinski definition) is 6. The zero-order valence-corrected chi connectivity index (χ0v) is 29.7. The number of pyridine rings is 1. The van der Waals surface area contributed by atoms with Gasteiger partial charge in [0.1, 0.15) is 11.1 Å². The van der Waals surface area contributed by atoms with Crippen LogP contribution in [0.1, 0.15) is 91.2 Å². The summed E-state index contributed by atoms with van der Waals surface area (Å²) in [5.74, 6) is -2.48. The van der Waals surface area contributed by atoms with E-state index in [1.807, 2.05) is 44.1 Å². The van der Waals surface area contributed by atoms with Crippen LogP contribution in [-0.2, 0) is 14.9 Å². The summed E-state index contributed by atoms with van der Waals surface area (Å²) < 4.78 is 36.0. The molecule has 12 heteroatoms. The highest BCUT2D eigenvalue weighted by Gasteiger charge is 2.73. The number of carbonyl (C=O) groups excluding carboxylic acids is 2. The largest absolute Gasteiger partial charge is 0.444 e. The third-order valence-corrected chi connectivity index (χ3v) is 12.4. The highest BCUT2D eigenvalue weighted by molar-refractivity contribution is 6.34. The minimum absolute atomic E-state index is 0.00202. The molecule has 0 unspecified atom stereocenters. The summed E-state index contributed by atoms with van der Waals surface area (Å²) in [5.41, 5.74) is 2.74. The van der Waals surface area contributed by atoms with E-state index in [9.17, 15) is 18.4 Å². The Labute approximate surface area is 290 Å². The van der Waals surface area contributed by atoms with E-state index in [1.54, 1.807) is 4.90 Å². The van der Waals surface area contributed by atoms with Crippen molar-refractivity contribution in [1.82, 2.24) is 24.3 Å². The molecule has 2 saturated heterocycles. The van der Waals surface area contributed by atoms with Gasteiger partial charge >= 0.3 is 6.09 Å². The van der Waals surface area contributed by atoms with Crippen LogP contribution in [0.25, 0.3) is 22.3 Å². The molecule has 2 aliphatic carbocycles. The van der Waals surface area contributed by atoms with Gasteiger partial charge in [-0.3, -0.25) is 9.69 Å². The molecule has 0 radical (unpaired) electrons. The lowest BCUT2D eigenvalue weighted by molar-refractivity contribution is -0.126. The van der Waals surface area contributed by atoms with Gasteiger partial charge < -0.3 is 19.1 Å². The lowest BCUT2D eigenvalue weighted by Crippen LogP contribution is -2.57. The lowest BCUT2D eigenvalue weighted by Gasteiger charge is -2.46. The second kappa shape index (κ2) is 11.1. The summed E-state index contributed by atoms with van der Waals surface area (Å²) in [6, 6.07) is 8.46. The van der Waals surface area contributed by atoms with Gasteiger partial charge in [-0.2, -0.15) is 0 Å². The van der Waals surface area contributed by atoms with E-state index in [4.69, 9.17) is 21.3 Å². The van der Waals surface area contributed by atoms with Crippen LogP contribution >= 0.6 is 11.6 Å². The number of ether oxygens (including phenoxy) is 1. The topological polar surface area (TPSA) is 83.8 Å². The van der Waals surface area contributed by atoms with Crippen molar-refractivity contribution in [2.75, 3.05) is 31.1 Å². The molecule has 2 amide bonds. The van der Waals surface area contributed by atoms with Crippen LogP contribution < -0.4 is 4.90 Å². The molecule has 262 valence electrons. The number of halogens is 3. The third kappa shape index (κ3) is 5.16. The predicted molar refractivity (Wildman–Crippen MR) is 184 cm³/mol. The summed E-state index contributed by atoms with van der Waals surface area (Å²) in [4.78, 5) is 43.0. The van der Waals surface area contributed by atoms with Crippen molar-refractivity contribution in [1.29, 1.82) is 0 Å². The van der Waals surface area contributed by atoms with E-state index in [-0.39, 0.29) is 36.5 Å². The Bertz CT molecular complexity index is 1840. The van der Waals surface area contributed by atoms with Crippen LogP contribution in [0.15, 0.2) is 30.6 Å². The highest BCUT2D eigenvalue weighted by atomic mass is 35.5. The summed E-state index contributed by atoms with van der Waals surface area (Å²) >= 11 is 6.80. The summed E-state index contributed by atoms with van der Waals surface area (Å²) in [5, 5.41) is 0.385. The second-order valence-corrected chi connectivity index (χ2v) is 16.6. The fourth-order valence-corrected chi connectivity index (χ4v) is 9.08. The van der Waals surface area contributed by atoms with Crippen molar-refractivity contribution in [2.24, 2.45) is 5.41 Å². The Morgan fingerprint density at radius 2 is 1.82 bits per heavy atom. The first-order valence-corrected chi connectivity index (χ1v) is 18.1. The molecule has 2 spiro atoms. The van der Waals surface area contributed by atoms with Gasteiger partial charge in [-0.25, -0.2) is 23.5 Å². The molecular weight excluding hydrogens is 650 g/mol. The summed E-state index contributed by atoms with van der Waals surface area (Å²) in [7, 11) is 0. The molecule has 0 N–H and O–H groups in total. The molecule has 0 bridgehead atoms. The van der Waals surface area contributed by atoms with Crippen molar-refractivity contribution in [2.45, 2.75) is 115 Å². The second-order valence-electron chi connectivity index (χ2n) is 16.2. The summed E-state index contributed by atoms with van der Waals surface area (Å²) in [6.45, 7) is 11.8. The molecule has 1 aromatic carbocycles. The van der Waals surface area contributed by atoms with Crippen molar-refractivity contribution in [3.8, 4) is 11.3 Å². The van der Waals surface area contributed by atoms with Crippen molar-refractivity contribution in [3.63, 3.8) is 0 Å². The van der Waals surface area contributed by atoms with Gasteiger partial charge in [-0.05, 0) is 90.5 Å². The number of imidazole rings is 1. The molecule has 3 aliphatic heterocycles. The number of alkyl halides is 2. The number of aromatic nitrogens is 3. The molecule has 9 nitrogen and oxygen atoms in total. The standard InChI is InChI=1S/C37H45ClF2N6O3/c1-6-22(2)45-21-41-28-18-27(42-31(38)30(28)45)23-7-8-26-29(15-23)46(25-16-24(17-25)44-12-9-35(20-44)19-37(35,39)40)32(47)36(26)10-13-43(14-11-36)33(48)49-34(3,4)5/h7-8,15,18,21-22,24-25H,6,9-14,16-17,19-20H2,1-5H3/t22-,24?,25?,35-/m0/s1. The maximum atomic E-state index is 14.7. The maximum Gasteiger partial charge on any atom is 0.410 e. The fourth-order valence-electron chi connectivity index (χ4n) is 8.79. The quantitative estimate of drug-likeness (QED) is 0.256. The smallest absolute Gasteiger partial charge is 0.410 e. The Morgan fingerprint density at radius 3 is 2.45 bits per heavy atom. The first-order chi connectivity index (χ1) is 23.2. The number of amides is 2. The maximum absolute atomic E-state index is 14.7. The van der Waals surface area contributed by atoms with Gasteiger partial charge in [-0.1, -0.05) is 30.7 Å². The van der Waals surface area contributed by atoms with E-state index in [0.717, 1.165) is 47.1 Å². The molecular formula is C37H45ClF2N6O3. The number of likely N-dealkylation sites (tertiary alicyclic amines) is 2. The molecule has 8 rings (SSSR count). The minimum atomic E-state index is -2.54. The number of carbonyl (C=O) groups is 2.